The third-order valence-electron chi connectivity index (χ3n) is 3.58. The van der Waals surface area contributed by atoms with Gasteiger partial charge in [0.2, 0.25) is 0 Å². The first-order chi connectivity index (χ1) is 8.72. The van der Waals surface area contributed by atoms with Crippen LogP contribution in [0.25, 0.3) is 0 Å². The zero-order valence-corrected chi connectivity index (χ0v) is 12.5. The van der Waals surface area contributed by atoms with Crippen LogP contribution in [0.4, 0.5) is 0 Å². The van der Waals surface area contributed by atoms with Crippen LogP contribution in [0.15, 0.2) is 0 Å². The fourth-order valence-corrected chi connectivity index (χ4v) is 2.55. The van der Waals surface area contributed by atoms with Gasteiger partial charge in [0.1, 0.15) is 0 Å². The monoisotopic (exact) mass is 257 g/mol. The van der Waals surface area contributed by atoms with E-state index in [-0.39, 0.29) is 0 Å². The summed E-state index contributed by atoms with van der Waals surface area (Å²) in [6.07, 6.45) is 2.48. The molecular formula is C14H31N3O. The quantitative estimate of drug-likeness (QED) is 0.588. The van der Waals surface area contributed by atoms with Gasteiger partial charge >= 0.3 is 0 Å². The molecule has 0 amide bonds. The van der Waals surface area contributed by atoms with E-state index in [0.717, 1.165) is 45.2 Å². The van der Waals surface area contributed by atoms with E-state index in [1.165, 1.54) is 26.1 Å². The van der Waals surface area contributed by atoms with Gasteiger partial charge in [-0.05, 0) is 52.9 Å². The molecule has 0 aromatic carbocycles. The number of ether oxygens (including phenoxy) is 1. The molecule has 18 heavy (non-hydrogen) atoms. The Kier molecular flexibility index (Phi) is 8.59. The molecular weight excluding hydrogens is 226 g/mol. The fraction of sp³-hybridized carbons (Fsp3) is 1.00. The molecule has 0 saturated carbocycles. The summed E-state index contributed by atoms with van der Waals surface area (Å²) in [4.78, 5) is 4.89. The van der Waals surface area contributed by atoms with Gasteiger partial charge in [-0.1, -0.05) is 0 Å². The minimum atomic E-state index is 0.832. The first-order valence-electron chi connectivity index (χ1n) is 7.38. The Morgan fingerprint density at radius 3 is 2.89 bits per heavy atom. The lowest BCUT2D eigenvalue weighted by Crippen LogP contribution is -2.34. The van der Waals surface area contributed by atoms with Gasteiger partial charge in [-0.3, -0.25) is 0 Å². The molecule has 1 saturated heterocycles. The highest BCUT2D eigenvalue weighted by Gasteiger charge is 2.20. The lowest BCUT2D eigenvalue weighted by molar-refractivity contribution is 0.144. The van der Waals surface area contributed by atoms with Crippen molar-refractivity contribution < 1.29 is 4.74 Å². The highest BCUT2D eigenvalue weighted by Crippen LogP contribution is 2.14. The molecule has 0 aliphatic carbocycles. The maximum absolute atomic E-state index is 5.30. The van der Waals surface area contributed by atoms with Crippen LogP contribution in [0, 0.1) is 5.92 Å². The second-order valence-corrected chi connectivity index (χ2v) is 5.48. The lowest BCUT2D eigenvalue weighted by Gasteiger charge is -2.21. The Morgan fingerprint density at radius 2 is 2.22 bits per heavy atom. The van der Waals surface area contributed by atoms with Crippen molar-refractivity contribution in [1.29, 1.82) is 0 Å². The van der Waals surface area contributed by atoms with Crippen LogP contribution in [0.1, 0.15) is 19.8 Å². The number of nitrogens with zero attached hydrogens (tertiary/aromatic N) is 2. The van der Waals surface area contributed by atoms with Crippen molar-refractivity contribution in [2.45, 2.75) is 19.8 Å². The second kappa shape index (κ2) is 9.73. The second-order valence-electron chi connectivity index (χ2n) is 5.48. The summed E-state index contributed by atoms with van der Waals surface area (Å²) in [7, 11) is 4.46. The maximum atomic E-state index is 5.30. The van der Waals surface area contributed by atoms with Crippen LogP contribution in [-0.4, -0.2) is 76.4 Å². The normalized spacial score (nSPS) is 21.0. The lowest BCUT2D eigenvalue weighted by atomic mass is 10.1. The summed E-state index contributed by atoms with van der Waals surface area (Å²) in [5.74, 6) is 0.873. The molecule has 4 nitrogen and oxygen atoms in total. The summed E-state index contributed by atoms with van der Waals surface area (Å²) < 4.78 is 5.30. The Balaban J connectivity index is 1.89. The molecule has 0 aromatic rings. The molecule has 0 bridgehead atoms. The van der Waals surface area contributed by atoms with Crippen LogP contribution < -0.4 is 5.32 Å². The average Bonchev–Trinajstić information content (AvgIpc) is 2.73. The molecule has 1 fully saturated rings. The minimum Gasteiger partial charge on any atom is -0.382 e. The Bertz CT molecular complexity index is 201. The van der Waals surface area contributed by atoms with Crippen LogP contribution in [0.2, 0.25) is 0 Å². The first-order valence-corrected chi connectivity index (χ1v) is 7.38. The highest BCUT2D eigenvalue weighted by molar-refractivity contribution is 4.75. The highest BCUT2D eigenvalue weighted by atomic mass is 16.5. The van der Waals surface area contributed by atoms with E-state index in [2.05, 4.69) is 29.2 Å². The minimum absolute atomic E-state index is 0.832. The average molecular weight is 257 g/mol. The SMILES string of the molecule is CCOCCCNCCN(C)CC1CCN(C)C1. The number of likely N-dealkylation sites (N-methyl/N-ethyl adjacent to an activating group) is 1. The maximum Gasteiger partial charge on any atom is 0.0477 e. The van der Waals surface area contributed by atoms with Crippen molar-refractivity contribution >= 4 is 0 Å². The molecule has 1 unspecified atom stereocenters. The Hall–Kier alpha value is -0.160. The first kappa shape index (κ1) is 15.9. The number of likely N-dealkylation sites (tertiary alicyclic amines) is 1. The third-order valence-corrected chi connectivity index (χ3v) is 3.58. The van der Waals surface area contributed by atoms with Crippen molar-refractivity contribution in [2.75, 3.05) is 66.6 Å². The van der Waals surface area contributed by atoms with E-state index < -0.39 is 0 Å². The molecule has 1 aliphatic rings. The molecule has 0 aromatic heterocycles. The molecule has 1 atom stereocenters. The van der Waals surface area contributed by atoms with Crippen molar-refractivity contribution in [3.05, 3.63) is 0 Å². The van der Waals surface area contributed by atoms with Crippen molar-refractivity contribution in [2.24, 2.45) is 5.92 Å². The van der Waals surface area contributed by atoms with Crippen LogP contribution >= 0.6 is 0 Å². The van der Waals surface area contributed by atoms with Gasteiger partial charge in [-0.2, -0.15) is 0 Å². The van der Waals surface area contributed by atoms with E-state index >= 15 is 0 Å². The topological polar surface area (TPSA) is 27.7 Å². The fourth-order valence-electron chi connectivity index (χ4n) is 2.55. The van der Waals surface area contributed by atoms with E-state index in [1.807, 2.05) is 6.92 Å². The largest absolute Gasteiger partial charge is 0.382 e. The summed E-state index contributed by atoms with van der Waals surface area (Å²) in [5, 5.41) is 3.48. The van der Waals surface area contributed by atoms with E-state index in [4.69, 9.17) is 4.74 Å². The zero-order valence-electron chi connectivity index (χ0n) is 12.5. The van der Waals surface area contributed by atoms with Gasteiger partial charge in [-0.25, -0.2) is 0 Å². The summed E-state index contributed by atoms with van der Waals surface area (Å²) in [6.45, 7) is 10.8. The van der Waals surface area contributed by atoms with Gasteiger partial charge in [-0.15, -0.1) is 0 Å². The Labute approximate surface area is 113 Å². The van der Waals surface area contributed by atoms with Gasteiger partial charge in [0.05, 0.1) is 0 Å². The molecule has 4 heteroatoms. The van der Waals surface area contributed by atoms with Gasteiger partial charge < -0.3 is 19.9 Å². The predicted octanol–water partition coefficient (Wildman–Crippen LogP) is 0.886. The Morgan fingerprint density at radius 1 is 1.39 bits per heavy atom. The number of rotatable bonds is 10. The molecule has 0 radical (unpaired) electrons. The van der Waals surface area contributed by atoms with Gasteiger partial charge in [0, 0.05) is 39.4 Å². The molecule has 108 valence electrons. The van der Waals surface area contributed by atoms with Crippen LogP contribution in [0.3, 0.4) is 0 Å². The van der Waals surface area contributed by atoms with E-state index in [1.54, 1.807) is 0 Å². The molecule has 1 rings (SSSR count). The van der Waals surface area contributed by atoms with Crippen molar-refractivity contribution in [3.63, 3.8) is 0 Å². The molecule has 1 aliphatic heterocycles. The smallest absolute Gasteiger partial charge is 0.0477 e. The third kappa shape index (κ3) is 7.31. The summed E-state index contributed by atoms with van der Waals surface area (Å²) >= 11 is 0. The van der Waals surface area contributed by atoms with Gasteiger partial charge in [0.15, 0.2) is 0 Å². The zero-order chi connectivity index (χ0) is 13.2. The molecule has 0 spiro atoms. The van der Waals surface area contributed by atoms with E-state index in [0.29, 0.717) is 0 Å². The number of nitrogens with one attached hydrogen (secondary N) is 1. The standard InChI is InChI=1S/C14H31N3O/c1-4-18-11-5-7-15-8-10-17(3)13-14-6-9-16(2)12-14/h14-15H,4-13H2,1-3H3. The summed E-state index contributed by atoms with van der Waals surface area (Å²) in [5.41, 5.74) is 0. The van der Waals surface area contributed by atoms with Crippen molar-refractivity contribution in [3.8, 4) is 0 Å². The van der Waals surface area contributed by atoms with E-state index in [9.17, 15) is 0 Å². The number of hydrogen-bond donors (Lipinski definition) is 1. The van der Waals surface area contributed by atoms with Gasteiger partial charge in [0.25, 0.3) is 0 Å². The van der Waals surface area contributed by atoms with Crippen LogP contribution in [0.5, 0.6) is 0 Å². The molecule has 1 N–H and O–H groups in total. The summed E-state index contributed by atoms with van der Waals surface area (Å²) in [6, 6.07) is 0. The molecule has 1 heterocycles. The number of hydrogen-bond acceptors (Lipinski definition) is 4. The van der Waals surface area contributed by atoms with Crippen molar-refractivity contribution in [1.82, 2.24) is 15.1 Å². The van der Waals surface area contributed by atoms with Crippen LogP contribution in [-0.2, 0) is 4.74 Å². The predicted molar refractivity (Wildman–Crippen MR) is 77.1 cm³/mol.